The largest absolute Gasteiger partial charge is 0.480 e. The molecule has 0 radical (unpaired) electrons. The van der Waals surface area contributed by atoms with Gasteiger partial charge in [-0.05, 0) is 0 Å². The summed E-state index contributed by atoms with van der Waals surface area (Å²) in [5.74, 6) is -1.95. The van der Waals surface area contributed by atoms with Crippen molar-refractivity contribution in [3.05, 3.63) is 34.4 Å². The van der Waals surface area contributed by atoms with Gasteiger partial charge >= 0.3 is 5.97 Å². The number of aromatic amines is 1. The van der Waals surface area contributed by atoms with E-state index < -0.39 is 23.9 Å². The summed E-state index contributed by atoms with van der Waals surface area (Å²) in [5, 5.41) is 13.2. The molecular formula is C9H9ClN4O4. The maximum atomic E-state index is 11.6. The van der Waals surface area contributed by atoms with Gasteiger partial charge in [-0.3, -0.25) is 19.5 Å². The number of carboxylic acid groups (broad SMARTS) is 1. The number of aliphatic carboxylic acids is 1. The molecule has 2 aromatic heterocycles. The Bertz CT molecular complexity index is 647. The van der Waals surface area contributed by atoms with Crippen molar-refractivity contribution < 1.29 is 14.7 Å². The monoisotopic (exact) mass is 272 g/mol. The predicted octanol–water partition coefficient (Wildman–Crippen LogP) is -0.741. The van der Waals surface area contributed by atoms with E-state index in [1.165, 1.54) is 23.1 Å². The number of nitrogens with one attached hydrogen (secondary N) is 2. The van der Waals surface area contributed by atoms with Crippen LogP contribution in [-0.2, 0) is 4.79 Å². The fourth-order valence-corrected chi connectivity index (χ4v) is 1.37. The Kier molecular flexibility index (Phi) is 4.05. The number of amides is 1. The quantitative estimate of drug-likeness (QED) is 0.680. The fourth-order valence-electron chi connectivity index (χ4n) is 1.37. The van der Waals surface area contributed by atoms with Crippen LogP contribution in [0.4, 0.5) is 0 Å². The van der Waals surface area contributed by atoms with Crippen LogP contribution in [-0.4, -0.2) is 38.1 Å². The number of hydrogen-bond donors (Lipinski definition) is 3. The van der Waals surface area contributed by atoms with E-state index in [-0.39, 0.29) is 23.6 Å². The molecule has 9 heteroatoms. The molecule has 0 saturated heterocycles. The summed E-state index contributed by atoms with van der Waals surface area (Å²) >= 11 is 0. The van der Waals surface area contributed by atoms with Gasteiger partial charge in [0.1, 0.15) is 18.4 Å². The van der Waals surface area contributed by atoms with E-state index in [1.54, 1.807) is 0 Å². The Labute approximate surface area is 106 Å². The lowest BCUT2D eigenvalue weighted by atomic mass is 10.2. The van der Waals surface area contributed by atoms with Gasteiger partial charge in [-0.15, -0.1) is 12.4 Å². The maximum absolute atomic E-state index is 11.6. The van der Waals surface area contributed by atoms with Crippen molar-refractivity contribution in [1.29, 1.82) is 0 Å². The molecule has 0 fully saturated rings. The van der Waals surface area contributed by atoms with Crippen molar-refractivity contribution in [1.82, 2.24) is 19.9 Å². The predicted molar refractivity (Wildman–Crippen MR) is 63.0 cm³/mol. The fraction of sp³-hybridized carbons (Fsp3) is 0.111. The number of carbonyl (C=O) groups excluding carboxylic acids is 1. The zero-order valence-corrected chi connectivity index (χ0v) is 9.73. The molecule has 2 rings (SSSR count). The number of fused-ring (bicyclic) bond motifs is 1. The number of nitrogens with zero attached hydrogens (tertiary/aromatic N) is 2. The molecular weight excluding hydrogens is 264 g/mol. The topological polar surface area (TPSA) is 117 Å². The van der Waals surface area contributed by atoms with Crippen LogP contribution < -0.4 is 10.7 Å². The third-order valence-electron chi connectivity index (χ3n) is 2.08. The molecule has 2 aromatic rings. The van der Waals surface area contributed by atoms with Gasteiger partial charge in [-0.25, -0.2) is 9.50 Å². The second kappa shape index (κ2) is 5.32. The van der Waals surface area contributed by atoms with Crippen LogP contribution in [0.2, 0.25) is 0 Å². The molecule has 2 heterocycles. The lowest BCUT2D eigenvalue weighted by molar-refractivity contribution is -0.135. The van der Waals surface area contributed by atoms with Crippen molar-refractivity contribution in [2.45, 2.75) is 0 Å². The van der Waals surface area contributed by atoms with Crippen molar-refractivity contribution in [2.75, 3.05) is 6.54 Å². The summed E-state index contributed by atoms with van der Waals surface area (Å²) in [7, 11) is 0. The Hall–Kier alpha value is -2.35. The van der Waals surface area contributed by atoms with E-state index in [9.17, 15) is 14.4 Å². The van der Waals surface area contributed by atoms with Crippen LogP contribution in [0.3, 0.4) is 0 Å². The first-order valence-electron chi connectivity index (χ1n) is 4.64. The second-order valence-corrected chi connectivity index (χ2v) is 3.21. The molecule has 0 aromatic carbocycles. The summed E-state index contributed by atoms with van der Waals surface area (Å²) in [6.45, 7) is -0.552. The highest BCUT2D eigenvalue weighted by Gasteiger charge is 2.16. The summed E-state index contributed by atoms with van der Waals surface area (Å²) in [5.41, 5.74) is -0.546. The second-order valence-electron chi connectivity index (χ2n) is 3.21. The molecule has 0 aliphatic heterocycles. The van der Waals surface area contributed by atoms with E-state index in [0.717, 1.165) is 0 Å². The Balaban J connectivity index is 0.00000162. The lowest BCUT2D eigenvalue weighted by Crippen LogP contribution is -2.33. The summed E-state index contributed by atoms with van der Waals surface area (Å²) in [6.07, 6.45) is 2.75. The van der Waals surface area contributed by atoms with Crippen LogP contribution in [0.5, 0.6) is 0 Å². The lowest BCUT2D eigenvalue weighted by Gasteiger charge is -2.02. The average molecular weight is 273 g/mol. The highest BCUT2D eigenvalue weighted by atomic mass is 35.5. The number of rotatable bonds is 3. The standard InChI is InChI=1S/C9H8N4O4.ClH/c14-5-1-2-13-8(11-4-12-13)7(5)9(17)10-3-6(15)16;/h1-2,4H,3H2,(H,10,17)(H,11,12)(H,15,16);1H. The molecule has 96 valence electrons. The minimum Gasteiger partial charge on any atom is -0.480 e. The summed E-state index contributed by atoms with van der Waals surface area (Å²) in [4.78, 5) is 37.3. The normalized spacial score (nSPS) is 9.78. The number of aromatic nitrogens is 3. The van der Waals surface area contributed by atoms with Gasteiger partial charge < -0.3 is 10.4 Å². The summed E-state index contributed by atoms with van der Waals surface area (Å²) < 4.78 is 1.39. The van der Waals surface area contributed by atoms with Gasteiger partial charge in [0.25, 0.3) is 5.91 Å². The van der Waals surface area contributed by atoms with Crippen molar-refractivity contribution in [3.63, 3.8) is 0 Å². The Morgan fingerprint density at radius 3 is 2.89 bits per heavy atom. The Morgan fingerprint density at radius 2 is 2.22 bits per heavy atom. The molecule has 0 unspecified atom stereocenters. The molecule has 0 bridgehead atoms. The summed E-state index contributed by atoms with van der Waals surface area (Å²) in [6, 6.07) is 1.20. The molecule has 18 heavy (non-hydrogen) atoms. The van der Waals surface area contributed by atoms with E-state index >= 15 is 0 Å². The minimum atomic E-state index is -1.19. The number of pyridine rings is 1. The zero-order chi connectivity index (χ0) is 12.4. The number of hydrogen-bond acceptors (Lipinski definition) is 4. The van der Waals surface area contributed by atoms with Gasteiger partial charge in [0, 0.05) is 12.3 Å². The first-order valence-corrected chi connectivity index (χ1v) is 4.64. The van der Waals surface area contributed by atoms with Gasteiger partial charge in [-0.2, -0.15) is 0 Å². The maximum Gasteiger partial charge on any atom is 0.322 e. The van der Waals surface area contributed by atoms with Crippen molar-refractivity contribution in [3.8, 4) is 0 Å². The number of halogens is 1. The Morgan fingerprint density at radius 1 is 1.50 bits per heavy atom. The molecule has 0 atom stereocenters. The third kappa shape index (κ3) is 2.48. The zero-order valence-electron chi connectivity index (χ0n) is 8.91. The van der Waals surface area contributed by atoms with E-state index in [1.807, 2.05) is 0 Å². The third-order valence-corrected chi connectivity index (χ3v) is 2.08. The molecule has 0 aliphatic carbocycles. The highest BCUT2D eigenvalue weighted by Crippen LogP contribution is 2.01. The molecule has 3 N–H and O–H groups in total. The van der Waals surface area contributed by atoms with Gasteiger partial charge in [0.15, 0.2) is 11.1 Å². The molecule has 0 saturated carbocycles. The van der Waals surface area contributed by atoms with E-state index in [2.05, 4.69) is 15.4 Å². The number of H-pyrrole nitrogens is 1. The average Bonchev–Trinajstić information content (AvgIpc) is 2.73. The van der Waals surface area contributed by atoms with Crippen LogP contribution in [0, 0.1) is 0 Å². The molecule has 0 spiro atoms. The first-order chi connectivity index (χ1) is 8.09. The molecule has 8 nitrogen and oxygen atoms in total. The minimum absolute atomic E-state index is 0. The van der Waals surface area contributed by atoms with Crippen LogP contribution >= 0.6 is 12.4 Å². The van der Waals surface area contributed by atoms with Gasteiger partial charge in [0.05, 0.1) is 0 Å². The van der Waals surface area contributed by atoms with E-state index in [0.29, 0.717) is 0 Å². The van der Waals surface area contributed by atoms with Crippen LogP contribution in [0.1, 0.15) is 10.4 Å². The SMILES string of the molecule is Cl.O=C(O)CNC(=O)c1c(=O)ccn2[nH]cnc12. The van der Waals surface area contributed by atoms with Crippen LogP contribution in [0.25, 0.3) is 5.65 Å². The number of carboxylic acids is 1. The van der Waals surface area contributed by atoms with Crippen molar-refractivity contribution >= 4 is 29.9 Å². The smallest absolute Gasteiger partial charge is 0.322 e. The first kappa shape index (κ1) is 13.7. The molecule has 1 amide bonds. The van der Waals surface area contributed by atoms with Crippen molar-refractivity contribution in [2.24, 2.45) is 0 Å². The van der Waals surface area contributed by atoms with Gasteiger partial charge in [0.2, 0.25) is 0 Å². The number of carbonyl (C=O) groups is 2. The van der Waals surface area contributed by atoms with Gasteiger partial charge in [-0.1, -0.05) is 0 Å². The van der Waals surface area contributed by atoms with Crippen LogP contribution in [0.15, 0.2) is 23.4 Å². The van der Waals surface area contributed by atoms with E-state index in [4.69, 9.17) is 5.11 Å². The highest BCUT2D eigenvalue weighted by molar-refractivity contribution is 6.00. The molecule has 0 aliphatic rings.